The van der Waals surface area contributed by atoms with E-state index in [0.717, 1.165) is 30.9 Å². The van der Waals surface area contributed by atoms with E-state index in [1.807, 2.05) is 0 Å². The van der Waals surface area contributed by atoms with Crippen molar-refractivity contribution in [2.75, 3.05) is 6.61 Å². The van der Waals surface area contributed by atoms with Crippen molar-refractivity contribution in [1.82, 2.24) is 14.9 Å². The minimum atomic E-state index is -0.368. The summed E-state index contributed by atoms with van der Waals surface area (Å²) in [7, 11) is 0. The highest BCUT2D eigenvalue weighted by Crippen LogP contribution is 2.35. The van der Waals surface area contributed by atoms with Gasteiger partial charge in [0.1, 0.15) is 5.82 Å². The number of nitrogens with zero attached hydrogens (tertiary/aromatic N) is 2. The predicted molar refractivity (Wildman–Crippen MR) is 84.3 cm³/mol. The Labute approximate surface area is 138 Å². The lowest BCUT2D eigenvalue weighted by molar-refractivity contribution is -0.0520. The Hall–Kier alpha value is -1.47. The molecule has 0 bridgehead atoms. The summed E-state index contributed by atoms with van der Waals surface area (Å²) < 4.78 is 19.5. The number of rotatable bonds is 2. The van der Waals surface area contributed by atoms with Gasteiger partial charge < -0.3 is 15.5 Å². The van der Waals surface area contributed by atoms with Crippen LogP contribution in [0, 0.1) is 5.82 Å². The Kier molecular flexibility index (Phi) is 3.85. The molecule has 122 valence electrons. The zero-order valence-electron chi connectivity index (χ0n) is 12.5. The second-order valence-electron chi connectivity index (χ2n) is 6.21. The molecule has 3 atom stereocenters. The summed E-state index contributed by atoms with van der Waals surface area (Å²) in [6.07, 6.45) is 2.14. The van der Waals surface area contributed by atoms with Crippen molar-refractivity contribution < 1.29 is 9.13 Å². The fourth-order valence-electron chi connectivity index (χ4n) is 3.48. The molecular formula is C16H18ClFN4O. The highest BCUT2D eigenvalue weighted by Gasteiger charge is 2.36. The smallest absolute Gasteiger partial charge is 0.123 e. The molecule has 1 fully saturated rings. The van der Waals surface area contributed by atoms with Crippen LogP contribution in [0.15, 0.2) is 24.5 Å². The number of imidazole rings is 1. The third kappa shape index (κ3) is 2.76. The molecule has 5 nitrogen and oxygen atoms in total. The van der Waals surface area contributed by atoms with Gasteiger partial charge in [-0.2, -0.15) is 0 Å². The first-order chi connectivity index (χ1) is 11.1. The van der Waals surface area contributed by atoms with Crippen LogP contribution in [0.1, 0.15) is 29.5 Å². The van der Waals surface area contributed by atoms with Gasteiger partial charge in [0, 0.05) is 35.8 Å². The predicted octanol–water partition coefficient (Wildman–Crippen LogP) is 2.38. The lowest BCUT2D eigenvalue weighted by atomic mass is 9.93. The first-order valence-corrected chi connectivity index (χ1v) is 8.07. The molecule has 2 aromatic rings. The molecule has 0 unspecified atom stereocenters. The van der Waals surface area contributed by atoms with Gasteiger partial charge in [-0.05, 0) is 24.6 Å². The van der Waals surface area contributed by atoms with E-state index < -0.39 is 0 Å². The van der Waals surface area contributed by atoms with Gasteiger partial charge in [0.2, 0.25) is 0 Å². The largest absolute Gasteiger partial charge is 0.370 e. The summed E-state index contributed by atoms with van der Waals surface area (Å²) >= 11 is 6.18. The lowest BCUT2D eigenvalue weighted by Crippen LogP contribution is -2.47. The summed E-state index contributed by atoms with van der Waals surface area (Å²) in [6, 6.07) is 4.31. The maximum absolute atomic E-state index is 13.5. The van der Waals surface area contributed by atoms with Gasteiger partial charge in [-0.3, -0.25) is 4.90 Å². The number of fused-ring (bicyclic) bond motifs is 1. The van der Waals surface area contributed by atoms with E-state index in [2.05, 4.69) is 14.9 Å². The maximum Gasteiger partial charge on any atom is 0.123 e. The number of benzene rings is 1. The number of nitrogens with one attached hydrogen (secondary N) is 1. The zero-order chi connectivity index (χ0) is 16.0. The molecule has 0 spiro atoms. The van der Waals surface area contributed by atoms with E-state index in [0.29, 0.717) is 17.2 Å². The Morgan fingerprint density at radius 1 is 1.39 bits per heavy atom. The summed E-state index contributed by atoms with van der Waals surface area (Å²) in [5.74, 6) is -0.327. The SMILES string of the molecule is N[C@H]1C[C@@H](N2Cc3nc[nH]c3C2)CO[C@@H]1c1cc(F)ccc1Cl. The Morgan fingerprint density at radius 3 is 3.04 bits per heavy atom. The molecule has 23 heavy (non-hydrogen) atoms. The number of aromatic amines is 1. The third-order valence-electron chi connectivity index (χ3n) is 4.70. The molecule has 0 radical (unpaired) electrons. The van der Waals surface area contributed by atoms with E-state index in [1.54, 1.807) is 12.4 Å². The van der Waals surface area contributed by atoms with Crippen molar-refractivity contribution in [2.45, 2.75) is 37.7 Å². The van der Waals surface area contributed by atoms with Gasteiger partial charge in [-0.15, -0.1) is 0 Å². The number of hydrogen-bond donors (Lipinski definition) is 2. The summed E-state index contributed by atoms with van der Waals surface area (Å²) in [6.45, 7) is 2.20. The molecule has 1 aromatic heterocycles. The van der Waals surface area contributed by atoms with Crippen molar-refractivity contribution in [2.24, 2.45) is 5.73 Å². The second-order valence-corrected chi connectivity index (χ2v) is 6.61. The molecule has 0 saturated carbocycles. The number of nitrogens with two attached hydrogens (primary N) is 1. The quantitative estimate of drug-likeness (QED) is 0.883. The van der Waals surface area contributed by atoms with Gasteiger partial charge in [0.15, 0.2) is 0 Å². The van der Waals surface area contributed by atoms with E-state index in [4.69, 9.17) is 22.1 Å². The van der Waals surface area contributed by atoms with Crippen molar-refractivity contribution >= 4 is 11.6 Å². The van der Waals surface area contributed by atoms with Crippen LogP contribution in [0.3, 0.4) is 0 Å². The van der Waals surface area contributed by atoms with Crippen LogP contribution in [0.25, 0.3) is 0 Å². The van der Waals surface area contributed by atoms with E-state index in [9.17, 15) is 4.39 Å². The summed E-state index contributed by atoms with van der Waals surface area (Å²) in [5.41, 5.74) is 9.20. The topological polar surface area (TPSA) is 67.2 Å². The molecule has 0 aliphatic carbocycles. The second kappa shape index (κ2) is 5.87. The van der Waals surface area contributed by atoms with Crippen LogP contribution < -0.4 is 5.73 Å². The fourth-order valence-corrected chi connectivity index (χ4v) is 3.71. The average molecular weight is 337 g/mol. The molecule has 3 N–H and O–H groups in total. The number of hydrogen-bond acceptors (Lipinski definition) is 4. The van der Waals surface area contributed by atoms with Crippen LogP contribution in [-0.4, -0.2) is 33.6 Å². The molecule has 0 amide bonds. The van der Waals surface area contributed by atoms with E-state index in [1.165, 1.54) is 12.1 Å². The normalized spacial score (nSPS) is 28.0. The van der Waals surface area contributed by atoms with Crippen molar-refractivity contribution in [3.8, 4) is 0 Å². The number of aromatic nitrogens is 2. The Bertz CT molecular complexity index is 701. The minimum Gasteiger partial charge on any atom is -0.370 e. The highest BCUT2D eigenvalue weighted by molar-refractivity contribution is 6.31. The number of halogens is 2. The number of H-pyrrole nitrogens is 1. The van der Waals surface area contributed by atoms with Gasteiger partial charge >= 0.3 is 0 Å². The van der Waals surface area contributed by atoms with Gasteiger partial charge in [0.25, 0.3) is 0 Å². The first kappa shape index (κ1) is 15.1. The molecule has 7 heteroatoms. The van der Waals surface area contributed by atoms with Gasteiger partial charge in [-0.25, -0.2) is 9.37 Å². The van der Waals surface area contributed by atoms with Crippen LogP contribution in [-0.2, 0) is 17.8 Å². The van der Waals surface area contributed by atoms with Crippen molar-refractivity contribution in [1.29, 1.82) is 0 Å². The number of ether oxygens (including phenoxy) is 1. The van der Waals surface area contributed by atoms with Gasteiger partial charge in [0.05, 0.1) is 30.4 Å². The Morgan fingerprint density at radius 2 is 2.26 bits per heavy atom. The molecule has 2 aliphatic heterocycles. The van der Waals surface area contributed by atoms with Crippen LogP contribution in [0.2, 0.25) is 5.02 Å². The minimum absolute atomic E-state index is 0.222. The van der Waals surface area contributed by atoms with Crippen molar-refractivity contribution in [3.63, 3.8) is 0 Å². The first-order valence-electron chi connectivity index (χ1n) is 7.69. The standard InChI is InChI=1S/C16H18ClFN4O/c17-12-2-1-9(18)3-11(12)16-13(19)4-10(7-23-16)22-5-14-15(6-22)21-8-20-14/h1-3,8,10,13,16H,4-7,19H2,(H,20,21)/t10-,13+,16-/m1/s1. The van der Waals surface area contributed by atoms with Crippen molar-refractivity contribution in [3.05, 3.63) is 52.3 Å². The Balaban J connectivity index is 1.46. The monoisotopic (exact) mass is 336 g/mol. The molecule has 3 heterocycles. The van der Waals surface area contributed by atoms with Crippen LogP contribution >= 0.6 is 11.6 Å². The summed E-state index contributed by atoms with van der Waals surface area (Å²) in [5, 5.41) is 0.491. The molecule has 1 saturated heterocycles. The van der Waals surface area contributed by atoms with E-state index >= 15 is 0 Å². The third-order valence-corrected chi connectivity index (χ3v) is 5.05. The van der Waals surface area contributed by atoms with Gasteiger partial charge in [-0.1, -0.05) is 11.6 Å². The fraction of sp³-hybridized carbons (Fsp3) is 0.438. The molecular weight excluding hydrogens is 319 g/mol. The summed E-state index contributed by atoms with van der Waals surface area (Å²) in [4.78, 5) is 9.80. The van der Waals surface area contributed by atoms with Crippen LogP contribution in [0.5, 0.6) is 0 Å². The average Bonchev–Trinajstić information content (AvgIpc) is 3.11. The zero-order valence-corrected chi connectivity index (χ0v) is 13.3. The maximum atomic E-state index is 13.5. The van der Waals surface area contributed by atoms with Crippen LogP contribution in [0.4, 0.5) is 4.39 Å². The van der Waals surface area contributed by atoms with E-state index in [-0.39, 0.29) is 24.0 Å². The molecule has 2 aliphatic rings. The molecule has 1 aromatic carbocycles. The highest BCUT2D eigenvalue weighted by atomic mass is 35.5. The lowest BCUT2D eigenvalue weighted by Gasteiger charge is -2.38. The molecule has 4 rings (SSSR count).